The molecule has 1 aromatic heterocycles. The van der Waals surface area contributed by atoms with E-state index in [4.69, 9.17) is 25.8 Å². The summed E-state index contributed by atoms with van der Waals surface area (Å²) in [5, 5.41) is 12.4. The molecule has 0 N–H and O–H groups in total. The second-order valence-electron chi connectivity index (χ2n) is 10.4. The van der Waals surface area contributed by atoms with Crippen LogP contribution in [0, 0.1) is 10.1 Å². The molecule has 0 saturated carbocycles. The normalized spacial score (nSPS) is 14.5. The topological polar surface area (TPSA) is 139 Å². The lowest BCUT2D eigenvalue weighted by Crippen LogP contribution is -2.41. The molecular weight excluding hydrogens is 771 g/mol. The Bertz CT molecular complexity index is 2200. The Labute approximate surface area is 298 Å². The minimum atomic E-state index is -5.09. The number of aromatic nitrogens is 1. The SMILES string of the molecule is CCOC(=O)C1=C(C(F)(F)F)N=c2s/c(=C\c3cc(Br)c(OCc4ccc(C(=O)OCC)cc4)c([N+](=O)[O-])c3)c(=O)n2[C@@H]1c1ccc(Cl)cc1. The summed E-state index contributed by atoms with van der Waals surface area (Å²) in [7, 11) is 0. The third-order valence-corrected chi connectivity index (χ3v) is 8.99. The molecule has 17 heteroatoms. The fourth-order valence-electron chi connectivity index (χ4n) is 5.02. The third-order valence-electron chi connectivity index (χ3n) is 7.17. The predicted molar refractivity (Wildman–Crippen MR) is 180 cm³/mol. The molecule has 260 valence electrons. The molecule has 0 bridgehead atoms. The maximum Gasteiger partial charge on any atom is 0.434 e. The zero-order valence-electron chi connectivity index (χ0n) is 26.0. The van der Waals surface area contributed by atoms with Gasteiger partial charge >= 0.3 is 23.8 Å². The first-order valence-corrected chi connectivity index (χ1v) is 16.6. The van der Waals surface area contributed by atoms with E-state index in [1.165, 1.54) is 55.5 Å². The van der Waals surface area contributed by atoms with Crippen LogP contribution in [0.4, 0.5) is 18.9 Å². The summed E-state index contributed by atoms with van der Waals surface area (Å²) < 4.78 is 59.8. The smallest absolute Gasteiger partial charge is 0.434 e. The summed E-state index contributed by atoms with van der Waals surface area (Å²) in [6.07, 6.45) is -3.83. The molecule has 3 aromatic carbocycles. The maximum absolute atomic E-state index is 14.4. The lowest BCUT2D eigenvalue weighted by atomic mass is 9.95. The number of allylic oxidation sites excluding steroid dienone is 1. The van der Waals surface area contributed by atoms with Crippen LogP contribution < -0.4 is 19.6 Å². The van der Waals surface area contributed by atoms with Crippen LogP contribution in [0.2, 0.25) is 5.02 Å². The largest absolute Gasteiger partial charge is 0.481 e. The third kappa shape index (κ3) is 7.66. The second-order valence-corrected chi connectivity index (χ2v) is 12.7. The first-order chi connectivity index (χ1) is 23.7. The van der Waals surface area contributed by atoms with Crippen molar-refractivity contribution >= 4 is 62.6 Å². The van der Waals surface area contributed by atoms with Crippen LogP contribution >= 0.6 is 38.9 Å². The van der Waals surface area contributed by atoms with Crippen LogP contribution in [0.1, 0.15) is 46.9 Å². The highest BCUT2D eigenvalue weighted by Crippen LogP contribution is 2.39. The van der Waals surface area contributed by atoms with Gasteiger partial charge in [0.1, 0.15) is 6.61 Å². The molecule has 0 aliphatic carbocycles. The van der Waals surface area contributed by atoms with Gasteiger partial charge < -0.3 is 14.2 Å². The number of ether oxygens (including phenoxy) is 3. The number of thiazole rings is 1. The predicted octanol–water partition coefficient (Wildman–Crippen LogP) is 6.42. The number of alkyl halides is 3. The first-order valence-electron chi connectivity index (χ1n) is 14.7. The summed E-state index contributed by atoms with van der Waals surface area (Å²) in [6.45, 7) is 2.98. The highest BCUT2D eigenvalue weighted by molar-refractivity contribution is 9.10. The summed E-state index contributed by atoms with van der Waals surface area (Å²) in [4.78, 5) is 53.6. The highest BCUT2D eigenvalue weighted by atomic mass is 79.9. The zero-order chi connectivity index (χ0) is 36.3. The van der Waals surface area contributed by atoms with Gasteiger partial charge in [-0.25, -0.2) is 14.6 Å². The minimum Gasteiger partial charge on any atom is -0.481 e. The Morgan fingerprint density at radius 1 is 1.06 bits per heavy atom. The lowest BCUT2D eigenvalue weighted by Gasteiger charge is -2.26. The van der Waals surface area contributed by atoms with Crippen molar-refractivity contribution in [3.63, 3.8) is 0 Å². The van der Waals surface area contributed by atoms with Crippen molar-refractivity contribution in [1.82, 2.24) is 4.57 Å². The lowest BCUT2D eigenvalue weighted by molar-refractivity contribution is -0.386. The van der Waals surface area contributed by atoms with Crippen LogP contribution in [0.3, 0.4) is 0 Å². The fraction of sp³-hybridized carbons (Fsp3) is 0.212. The van der Waals surface area contributed by atoms with Gasteiger partial charge in [0.05, 0.1) is 44.3 Å². The number of carbonyl (C=O) groups is 2. The van der Waals surface area contributed by atoms with Crippen molar-refractivity contribution in [2.75, 3.05) is 13.2 Å². The average molecular weight is 795 g/mol. The monoisotopic (exact) mass is 793 g/mol. The van der Waals surface area contributed by atoms with Crippen molar-refractivity contribution in [2.45, 2.75) is 32.7 Å². The van der Waals surface area contributed by atoms with Gasteiger partial charge in [0, 0.05) is 11.1 Å². The molecule has 0 spiro atoms. The average Bonchev–Trinajstić information content (AvgIpc) is 3.37. The summed E-state index contributed by atoms with van der Waals surface area (Å²) >= 11 is 9.91. The molecule has 1 aliphatic heterocycles. The zero-order valence-corrected chi connectivity index (χ0v) is 29.1. The first kappa shape index (κ1) is 36.5. The number of hydrogen-bond donors (Lipinski definition) is 0. The molecule has 2 heterocycles. The maximum atomic E-state index is 14.4. The van der Waals surface area contributed by atoms with Crippen molar-refractivity contribution in [3.05, 3.63) is 133 Å². The number of rotatable bonds is 10. The van der Waals surface area contributed by atoms with Gasteiger partial charge in [-0.05, 0) is 82.9 Å². The second kappa shape index (κ2) is 15.0. The van der Waals surface area contributed by atoms with Crippen LogP contribution in [-0.2, 0) is 20.9 Å². The van der Waals surface area contributed by atoms with Gasteiger partial charge in [0.25, 0.3) is 5.56 Å². The molecule has 0 fully saturated rings. The van der Waals surface area contributed by atoms with Crippen molar-refractivity contribution in [3.8, 4) is 5.75 Å². The Morgan fingerprint density at radius 3 is 2.30 bits per heavy atom. The van der Waals surface area contributed by atoms with E-state index in [-0.39, 0.29) is 55.5 Å². The summed E-state index contributed by atoms with van der Waals surface area (Å²) in [5.41, 5.74) is -2.47. The van der Waals surface area contributed by atoms with E-state index in [9.17, 15) is 37.7 Å². The van der Waals surface area contributed by atoms with Crippen LogP contribution in [-0.4, -0.2) is 40.8 Å². The van der Waals surface area contributed by atoms with Gasteiger partial charge in [-0.3, -0.25) is 19.5 Å². The summed E-state index contributed by atoms with van der Waals surface area (Å²) in [6, 6.07) is 12.9. The highest BCUT2D eigenvalue weighted by Gasteiger charge is 2.45. The molecule has 0 saturated heterocycles. The Hall–Kier alpha value is -4.80. The van der Waals surface area contributed by atoms with Crippen molar-refractivity contribution < 1.29 is 41.9 Å². The number of hydrogen-bond acceptors (Lipinski definition) is 10. The van der Waals surface area contributed by atoms with Crippen molar-refractivity contribution in [2.24, 2.45) is 4.99 Å². The number of nitro groups is 1. The minimum absolute atomic E-state index is 0.102. The van der Waals surface area contributed by atoms with E-state index < -0.39 is 51.6 Å². The molecule has 0 unspecified atom stereocenters. The Balaban J connectivity index is 1.58. The van der Waals surface area contributed by atoms with E-state index in [0.29, 0.717) is 22.5 Å². The number of halogens is 5. The Kier molecular flexibility index (Phi) is 10.9. The molecule has 1 atom stereocenters. The van der Waals surface area contributed by atoms with E-state index in [2.05, 4.69) is 20.9 Å². The van der Waals surface area contributed by atoms with Gasteiger partial charge in [-0.2, -0.15) is 13.2 Å². The molecule has 0 radical (unpaired) electrons. The molecule has 0 amide bonds. The molecule has 5 rings (SSSR count). The molecule has 4 aromatic rings. The number of esters is 2. The fourth-order valence-corrected chi connectivity index (χ4v) is 6.73. The summed E-state index contributed by atoms with van der Waals surface area (Å²) in [5.74, 6) is -1.93. The van der Waals surface area contributed by atoms with Crippen molar-refractivity contribution in [1.29, 1.82) is 0 Å². The van der Waals surface area contributed by atoms with E-state index in [0.717, 1.165) is 10.6 Å². The van der Waals surface area contributed by atoms with Gasteiger partial charge in [0.15, 0.2) is 10.5 Å². The van der Waals surface area contributed by atoms with E-state index in [1.807, 2.05) is 0 Å². The number of carbonyl (C=O) groups excluding carboxylic acids is 2. The molecule has 50 heavy (non-hydrogen) atoms. The van der Waals surface area contributed by atoms with E-state index in [1.54, 1.807) is 19.1 Å². The van der Waals surface area contributed by atoms with Gasteiger partial charge in [-0.1, -0.05) is 47.2 Å². The van der Waals surface area contributed by atoms with E-state index >= 15 is 0 Å². The number of nitro benzene ring substituents is 1. The number of nitrogens with zero attached hydrogens (tertiary/aromatic N) is 3. The van der Waals surface area contributed by atoms with Gasteiger partial charge in [0.2, 0.25) is 5.75 Å². The number of fused-ring (bicyclic) bond motifs is 1. The molecular formula is C33H24BrClF3N3O8S. The van der Waals surface area contributed by atoms with Gasteiger partial charge in [-0.15, -0.1) is 0 Å². The van der Waals surface area contributed by atoms with Crippen LogP contribution in [0.15, 0.2) is 86.2 Å². The molecule has 1 aliphatic rings. The molecule has 11 nitrogen and oxygen atoms in total. The number of benzene rings is 3. The quantitative estimate of drug-likeness (QED) is 0.102. The van der Waals surface area contributed by atoms with Crippen LogP contribution in [0.25, 0.3) is 6.08 Å². The Morgan fingerprint density at radius 2 is 1.70 bits per heavy atom. The van der Waals surface area contributed by atoms with Crippen LogP contribution in [0.5, 0.6) is 5.75 Å². The standard InChI is InChI=1S/C33H24BrClF3N3O8S/c1-3-47-30(43)20-7-5-17(6-8-20)16-49-27-22(34)13-18(14-23(27)41(45)46)15-24-29(42)40-26(19-9-11-21(35)12-10-19)25(31(44)48-4-2)28(33(36,37)38)39-32(40)50-24/h5-15,26H,3-4,16H2,1-2H3/b24-15-/t26-/m1/s1.